The summed E-state index contributed by atoms with van der Waals surface area (Å²) in [7, 11) is 0. The van der Waals surface area contributed by atoms with Crippen molar-refractivity contribution in [2.45, 2.75) is 25.8 Å². The summed E-state index contributed by atoms with van der Waals surface area (Å²) in [6, 6.07) is 11.6. The number of hydrogen-bond acceptors (Lipinski definition) is 4. The maximum absolute atomic E-state index is 8.82. The second kappa shape index (κ2) is 5.96. The summed E-state index contributed by atoms with van der Waals surface area (Å²) in [6.45, 7) is 2.11. The fourth-order valence-electron chi connectivity index (χ4n) is 1.92. The van der Waals surface area contributed by atoms with Gasteiger partial charge in [-0.1, -0.05) is 0 Å². The zero-order valence-electron chi connectivity index (χ0n) is 10.9. The number of nitrogens with one attached hydrogen (secondary N) is 1. The van der Waals surface area contributed by atoms with Crippen molar-refractivity contribution in [2.24, 2.45) is 0 Å². The number of nitrogens with zero attached hydrogens (tertiary/aromatic N) is 1. The zero-order valence-corrected chi connectivity index (χ0v) is 10.9. The lowest BCUT2D eigenvalue weighted by Gasteiger charge is -2.15. The molecule has 1 atom stereocenters. The molecule has 2 rings (SSSR count). The van der Waals surface area contributed by atoms with Crippen molar-refractivity contribution in [3.05, 3.63) is 47.9 Å². The molecule has 0 aliphatic rings. The topological polar surface area (TPSA) is 75.0 Å². The van der Waals surface area contributed by atoms with Crippen LogP contribution in [0.2, 0.25) is 0 Å². The van der Waals surface area contributed by atoms with E-state index in [-0.39, 0.29) is 0 Å². The van der Waals surface area contributed by atoms with E-state index in [9.17, 15) is 0 Å². The van der Waals surface area contributed by atoms with Crippen molar-refractivity contribution < 1.29 is 4.42 Å². The van der Waals surface area contributed by atoms with Crippen LogP contribution >= 0.6 is 0 Å². The van der Waals surface area contributed by atoms with E-state index in [1.54, 1.807) is 18.4 Å². The molecule has 1 aromatic heterocycles. The Bertz CT molecular complexity index is 570. The molecule has 0 spiro atoms. The Hall–Kier alpha value is -2.41. The number of anilines is 2. The molecule has 1 aromatic carbocycles. The van der Waals surface area contributed by atoms with Crippen molar-refractivity contribution >= 4 is 11.4 Å². The van der Waals surface area contributed by atoms with Gasteiger partial charge in [0.05, 0.1) is 17.5 Å². The average Bonchev–Trinajstić information content (AvgIpc) is 2.90. The van der Waals surface area contributed by atoms with E-state index < -0.39 is 0 Å². The van der Waals surface area contributed by atoms with Crippen molar-refractivity contribution in [3.8, 4) is 6.07 Å². The third-order valence-electron chi connectivity index (χ3n) is 2.99. The summed E-state index contributed by atoms with van der Waals surface area (Å²) >= 11 is 0. The zero-order chi connectivity index (χ0) is 13.7. The molecule has 4 heteroatoms. The second-order valence-electron chi connectivity index (χ2n) is 4.58. The molecule has 0 amide bonds. The van der Waals surface area contributed by atoms with Crippen LogP contribution in [0.1, 0.15) is 24.7 Å². The normalized spacial score (nSPS) is 11.8. The number of rotatable bonds is 5. The Morgan fingerprint density at radius 3 is 2.89 bits per heavy atom. The molecule has 0 fully saturated rings. The largest absolute Gasteiger partial charge is 0.469 e. The maximum Gasteiger partial charge on any atom is 0.103 e. The first-order valence-electron chi connectivity index (χ1n) is 6.27. The minimum absolute atomic E-state index is 0.303. The lowest BCUT2D eigenvalue weighted by molar-refractivity contribution is 0.495. The van der Waals surface area contributed by atoms with E-state index in [2.05, 4.69) is 18.3 Å². The predicted molar refractivity (Wildman–Crippen MR) is 75.7 cm³/mol. The molecule has 0 aliphatic heterocycles. The molecule has 98 valence electrons. The van der Waals surface area contributed by atoms with Crippen molar-refractivity contribution in [2.75, 3.05) is 11.1 Å². The third kappa shape index (κ3) is 3.52. The minimum Gasteiger partial charge on any atom is -0.469 e. The van der Waals surface area contributed by atoms with Crippen molar-refractivity contribution in [1.82, 2.24) is 0 Å². The Morgan fingerprint density at radius 2 is 2.26 bits per heavy atom. The van der Waals surface area contributed by atoms with Crippen LogP contribution < -0.4 is 11.1 Å². The summed E-state index contributed by atoms with van der Waals surface area (Å²) in [5.74, 6) is 0.994. The molecule has 2 aromatic rings. The maximum atomic E-state index is 8.82. The highest BCUT2D eigenvalue weighted by Gasteiger charge is 2.06. The fourth-order valence-corrected chi connectivity index (χ4v) is 1.92. The molecule has 19 heavy (non-hydrogen) atoms. The molecule has 0 aliphatic carbocycles. The minimum atomic E-state index is 0.303. The Kier molecular flexibility index (Phi) is 4.09. The van der Waals surface area contributed by atoms with Crippen LogP contribution in [0, 0.1) is 11.3 Å². The van der Waals surface area contributed by atoms with Crippen molar-refractivity contribution in [3.63, 3.8) is 0 Å². The summed E-state index contributed by atoms with van der Waals surface area (Å²) in [5, 5.41) is 12.2. The van der Waals surface area contributed by atoms with Gasteiger partial charge in [0.25, 0.3) is 0 Å². The lowest BCUT2D eigenvalue weighted by atomic mass is 10.1. The average molecular weight is 255 g/mol. The van der Waals surface area contributed by atoms with Gasteiger partial charge in [0.15, 0.2) is 0 Å². The number of benzene rings is 1. The third-order valence-corrected chi connectivity index (χ3v) is 2.99. The highest BCUT2D eigenvalue weighted by Crippen LogP contribution is 2.18. The summed E-state index contributed by atoms with van der Waals surface area (Å²) in [4.78, 5) is 0. The van der Waals surface area contributed by atoms with E-state index in [4.69, 9.17) is 15.4 Å². The van der Waals surface area contributed by atoms with Gasteiger partial charge in [-0.25, -0.2) is 0 Å². The molecular formula is C15H17N3O. The molecular weight excluding hydrogens is 238 g/mol. The van der Waals surface area contributed by atoms with E-state index in [0.29, 0.717) is 17.3 Å². The SMILES string of the molecule is CC(CCc1ccco1)Nc1ccc(C#N)c(N)c1. The van der Waals surface area contributed by atoms with Gasteiger partial charge in [0.1, 0.15) is 11.8 Å². The smallest absolute Gasteiger partial charge is 0.103 e. The van der Waals surface area contributed by atoms with Crippen LogP contribution in [0.3, 0.4) is 0 Å². The van der Waals surface area contributed by atoms with E-state index in [0.717, 1.165) is 24.3 Å². The van der Waals surface area contributed by atoms with Crippen LogP contribution in [0.5, 0.6) is 0 Å². The highest BCUT2D eigenvalue weighted by atomic mass is 16.3. The van der Waals surface area contributed by atoms with E-state index >= 15 is 0 Å². The lowest BCUT2D eigenvalue weighted by Crippen LogP contribution is -2.16. The quantitative estimate of drug-likeness (QED) is 0.805. The first kappa shape index (κ1) is 13.0. The molecule has 3 N–H and O–H groups in total. The second-order valence-corrected chi connectivity index (χ2v) is 4.58. The molecule has 4 nitrogen and oxygen atoms in total. The van der Waals surface area contributed by atoms with Gasteiger partial charge >= 0.3 is 0 Å². The number of nitrogen functional groups attached to an aromatic ring is 1. The monoisotopic (exact) mass is 255 g/mol. The van der Waals surface area contributed by atoms with Crippen LogP contribution in [-0.4, -0.2) is 6.04 Å². The first-order chi connectivity index (χ1) is 9.19. The predicted octanol–water partition coefficient (Wildman–Crippen LogP) is 3.17. The standard InChI is InChI=1S/C15H17N3O/c1-11(4-7-14-3-2-8-19-14)18-13-6-5-12(10-16)15(17)9-13/h2-3,5-6,8-9,11,18H,4,7,17H2,1H3. The van der Waals surface area contributed by atoms with Crippen LogP contribution in [-0.2, 0) is 6.42 Å². The molecule has 0 radical (unpaired) electrons. The molecule has 1 unspecified atom stereocenters. The van der Waals surface area contributed by atoms with Crippen LogP contribution in [0.15, 0.2) is 41.0 Å². The van der Waals surface area contributed by atoms with E-state index in [1.807, 2.05) is 18.2 Å². The van der Waals surface area contributed by atoms with Gasteiger partial charge in [-0.15, -0.1) is 0 Å². The molecule has 1 heterocycles. The molecule has 0 bridgehead atoms. The van der Waals surface area contributed by atoms with Gasteiger partial charge in [0.2, 0.25) is 0 Å². The number of hydrogen-bond donors (Lipinski definition) is 2. The Labute approximate surface area is 112 Å². The van der Waals surface area contributed by atoms with Gasteiger partial charge < -0.3 is 15.5 Å². The van der Waals surface area contributed by atoms with Gasteiger partial charge in [-0.3, -0.25) is 0 Å². The van der Waals surface area contributed by atoms with Gasteiger partial charge in [-0.05, 0) is 43.7 Å². The number of nitriles is 1. The number of furan rings is 1. The van der Waals surface area contributed by atoms with Crippen LogP contribution in [0.25, 0.3) is 0 Å². The Balaban J connectivity index is 1.90. The summed E-state index contributed by atoms with van der Waals surface area (Å²) in [6.07, 6.45) is 3.55. The van der Waals surface area contributed by atoms with Crippen molar-refractivity contribution in [1.29, 1.82) is 5.26 Å². The van der Waals surface area contributed by atoms with Crippen LogP contribution in [0.4, 0.5) is 11.4 Å². The number of aryl methyl sites for hydroxylation is 1. The van der Waals surface area contributed by atoms with Gasteiger partial charge in [0, 0.05) is 18.2 Å². The summed E-state index contributed by atoms with van der Waals surface area (Å²) in [5.41, 5.74) is 7.73. The fraction of sp³-hybridized carbons (Fsp3) is 0.267. The Morgan fingerprint density at radius 1 is 1.42 bits per heavy atom. The van der Waals surface area contributed by atoms with Gasteiger partial charge in [-0.2, -0.15) is 5.26 Å². The molecule has 0 saturated heterocycles. The highest BCUT2D eigenvalue weighted by molar-refractivity contribution is 5.62. The number of nitrogens with two attached hydrogens (primary N) is 1. The first-order valence-corrected chi connectivity index (χ1v) is 6.27. The summed E-state index contributed by atoms with van der Waals surface area (Å²) < 4.78 is 5.30. The molecule has 0 saturated carbocycles. The van der Waals surface area contributed by atoms with E-state index in [1.165, 1.54) is 0 Å².